The smallest absolute Gasteiger partial charge is 0.104 e. The van der Waals surface area contributed by atoms with Gasteiger partial charge in [0.1, 0.15) is 5.60 Å². The third-order valence-electron chi connectivity index (χ3n) is 6.15. The van der Waals surface area contributed by atoms with Gasteiger partial charge in [-0.3, -0.25) is 0 Å². The summed E-state index contributed by atoms with van der Waals surface area (Å²) >= 11 is 3.62. The second-order valence-electron chi connectivity index (χ2n) is 7.27. The Morgan fingerprint density at radius 1 is 0.905 bits per heavy atom. The summed E-state index contributed by atoms with van der Waals surface area (Å²) in [5.74, 6) is 2.85. The third kappa shape index (κ3) is 1.77. The maximum absolute atomic E-state index is 11.6. The van der Waals surface area contributed by atoms with Gasteiger partial charge >= 0.3 is 0 Å². The van der Waals surface area contributed by atoms with E-state index in [9.17, 15) is 5.11 Å². The largest absolute Gasteiger partial charge is 0.384 e. The van der Waals surface area contributed by atoms with Crippen LogP contribution >= 0.6 is 22.7 Å². The van der Waals surface area contributed by atoms with Crippen LogP contribution in [0.4, 0.5) is 0 Å². The molecule has 4 fully saturated rings. The van der Waals surface area contributed by atoms with E-state index in [1.54, 1.807) is 11.3 Å². The summed E-state index contributed by atoms with van der Waals surface area (Å²) in [6, 6.07) is 8.72. The summed E-state index contributed by atoms with van der Waals surface area (Å²) in [5, 5.41) is 13.7. The molecule has 4 bridgehead atoms. The molecule has 1 N–H and O–H groups in total. The number of rotatable bonds is 2. The van der Waals surface area contributed by atoms with Crippen LogP contribution < -0.4 is 0 Å². The van der Waals surface area contributed by atoms with Gasteiger partial charge in [-0.25, -0.2) is 0 Å². The predicted octanol–water partition coefficient (Wildman–Crippen LogP) is 5.12. The van der Waals surface area contributed by atoms with Crippen molar-refractivity contribution < 1.29 is 5.11 Å². The molecule has 4 aliphatic carbocycles. The molecule has 6 rings (SSSR count). The van der Waals surface area contributed by atoms with Crippen LogP contribution in [-0.4, -0.2) is 5.11 Å². The first-order valence-corrected chi connectivity index (χ1v) is 9.79. The number of hydrogen-bond acceptors (Lipinski definition) is 3. The van der Waals surface area contributed by atoms with Gasteiger partial charge in [-0.15, -0.1) is 22.7 Å². The molecule has 0 aromatic carbocycles. The van der Waals surface area contributed by atoms with E-state index >= 15 is 0 Å². The van der Waals surface area contributed by atoms with Crippen molar-refractivity contribution in [3.8, 4) is 9.75 Å². The van der Waals surface area contributed by atoms with E-state index in [2.05, 4.69) is 29.6 Å². The lowest BCUT2D eigenvalue weighted by atomic mass is 9.49. The summed E-state index contributed by atoms with van der Waals surface area (Å²) in [7, 11) is 0. The molecule has 0 saturated heterocycles. The van der Waals surface area contributed by atoms with Gasteiger partial charge < -0.3 is 5.11 Å². The zero-order valence-electron chi connectivity index (χ0n) is 12.0. The van der Waals surface area contributed by atoms with Gasteiger partial charge in [0.25, 0.3) is 0 Å². The average Bonchev–Trinajstić information content (AvgIpc) is 3.14. The van der Waals surface area contributed by atoms with E-state index in [0.717, 1.165) is 11.8 Å². The molecule has 2 aromatic heterocycles. The highest BCUT2D eigenvalue weighted by Gasteiger charge is 2.57. The molecule has 2 heterocycles. The van der Waals surface area contributed by atoms with Gasteiger partial charge in [-0.2, -0.15) is 0 Å². The van der Waals surface area contributed by atoms with E-state index in [4.69, 9.17) is 0 Å². The van der Waals surface area contributed by atoms with E-state index in [1.165, 1.54) is 46.7 Å². The zero-order chi connectivity index (χ0) is 14.0. The fourth-order valence-electron chi connectivity index (χ4n) is 5.41. The molecule has 1 nitrogen and oxygen atoms in total. The molecule has 0 spiro atoms. The first-order valence-electron chi connectivity index (χ1n) is 8.10. The molecule has 4 aliphatic rings. The van der Waals surface area contributed by atoms with Crippen molar-refractivity contribution in [3.63, 3.8) is 0 Å². The maximum atomic E-state index is 11.6. The predicted molar refractivity (Wildman–Crippen MR) is 88.6 cm³/mol. The molecule has 21 heavy (non-hydrogen) atoms. The Hall–Kier alpha value is -0.640. The minimum absolute atomic E-state index is 0.517. The van der Waals surface area contributed by atoms with Crippen molar-refractivity contribution >= 4 is 22.7 Å². The maximum Gasteiger partial charge on any atom is 0.104 e. The molecule has 0 amide bonds. The van der Waals surface area contributed by atoms with Crippen LogP contribution in [0, 0.1) is 23.7 Å². The van der Waals surface area contributed by atoms with Crippen molar-refractivity contribution in [1.82, 2.24) is 0 Å². The van der Waals surface area contributed by atoms with E-state index in [0.29, 0.717) is 11.8 Å². The normalized spacial score (nSPS) is 40.8. The van der Waals surface area contributed by atoms with Crippen molar-refractivity contribution in [1.29, 1.82) is 0 Å². The summed E-state index contributed by atoms with van der Waals surface area (Å²) in [4.78, 5) is 3.89. The summed E-state index contributed by atoms with van der Waals surface area (Å²) < 4.78 is 0. The minimum Gasteiger partial charge on any atom is -0.384 e. The Morgan fingerprint density at radius 3 is 2.24 bits per heavy atom. The van der Waals surface area contributed by atoms with Crippen LogP contribution in [0.3, 0.4) is 0 Å². The van der Waals surface area contributed by atoms with Crippen LogP contribution in [0.5, 0.6) is 0 Å². The van der Waals surface area contributed by atoms with E-state index in [1.807, 2.05) is 11.3 Å². The Balaban J connectivity index is 1.54. The molecule has 3 heteroatoms. The quantitative estimate of drug-likeness (QED) is 0.815. The second-order valence-corrected chi connectivity index (χ2v) is 9.30. The zero-order valence-corrected chi connectivity index (χ0v) is 13.6. The fraction of sp³-hybridized carbons (Fsp3) is 0.556. The van der Waals surface area contributed by atoms with Gasteiger partial charge in [0.2, 0.25) is 0 Å². The summed E-state index contributed by atoms with van der Waals surface area (Å²) in [5.41, 5.74) is -0.520. The fourth-order valence-corrected chi connectivity index (χ4v) is 7.50. The highest BCUT2D eigenvalue weighted by atomic mass is 32.1. The molecule has 0 unspecified atom stereocenters. The summed E-state index contributed by atoms with van der Waals surface area (Å²) in [6.07, 6.45) is 6.48. The number of thiophene rings is 2. The molecule has 0 radical (unpaired) electrons. The lowest BCUT2D eigenvalue weighted by molar-refractivity contribution is -0.177. The Bertz CT molecular complexity index is 627. The molecule has 0 aliphatic heterocycles. The standard InChI is InChI=1S/C18H20OS2/c19-18(13-7-11-6-12(9-13)10-14(18)8-11)17-4-3-16(21-17)15-2-1-5-20-15/h1-5,11-14,19H,6-10H2. The van der Waals surface area contributed by atoms with Gasteiger partial charge in [0, 0.05) is 14.6 Å². The van der Waals surface area contributed by atoms with Gasteiger partial charge in [0.15, 0.2) is 0 Å². The molecular formula is C18H20OS2. The van der Waals surface area contributed by atoms with Crippen LogP contribution in [0.1, 0.15) is 37.0 Å². The molecule has 110 valence electrons. The SMILES string of the molecule is OC1(c2ccc(-c3cccs3)s2)C2CC3CC(C2)CC1C3. The van der Waals surface area contributed by atoms with E-state index < -0.39 is 5.60 Å². The van der Waals surface area contributed by atoms with Crippen LogP contribution in [0.25, 0.3) is 9.75 Å². The van der Waals surface area contributed by atoms with Crippen LogP contribution in [-0.2, 0) is 5.60 Å². The molecule has 2 aromatic rings. The molecule has 0 atom stereocenters. The van der Waals surface area contributed by atoms with Crippen LogP contribution in [0.2, 0.25) is 0 Å². The Labute approximate surface area is 133 Å². The third-order valence-corrected chi connectivity index (χ3v) is 8.44. The second kappa shape index (κ2) is 4.43. The number of aliphatic hydroxyl groups is 1. The van der Waals surface area contributed by atoms with E-state index in [-0.39, 0.29) is 0 Å². The monoisotopic (exact) mass is 316 g/mol. The first-order chi connectivity index (χ1) is 10.2. The lowest BCUT2D eigenvalue weighted by Gasteiger charge is -2.58. The van der Waals surface area contributed by atoms with Crippen molar-refractivity contribution in [3.05, 3.63) is 34.5 Å². The number of hydrogen-bond donors (Lipinski definition) is 1. The van der Waals surface area contributed by atoms with Crippen molar-refractivity contribution in [2.24, 2.45) is 23.7 Å². The average molecular weight is 316 g/mol. The van der Waals surface area contributed by atoms with Gasteiger partial charge in [-0.05, 0) is 79.4 Å². The van der Waals surface area contributed by atoms with Gasteiger partial charge in [0.05, 0.1) is 0 Å². The summed E-state index contributed by atoms with van der Waals surface area (Å²) in [6.45, 7) is 0. The highest BCUT2D eigenvalue weighted by Crippen LogP contribution is 2.62. The van der Waals surface area contributed by atoms with Crippen molar-refractivity contribution in [2.75, 3.05) is 0 Å². The molecular weight excluding hydrogens is 296 g/mol. The topological polar surface area (TPSA) is 20.2 Å². The van der Waals surface area contributed by atoms with Crippen LogP contribution in [0.15, 0.2) is 29.6 Å². The highest BCUT2D eigenvalue weighted by molar-refractivity contribution is 7.21. The van der Waals surface area contributed by atoms with Crippen molar-refractivity contribution in [2.45, 2.75) is 37.7 Å². The first kappa shape index (κ1) is 12.9. The minimum atomic E-state index is -0.520. The molecule has 4 saturated carbocycles. The Morgan fingerprint density at radius 2 is 1.62 bits per heavy atom. The lowest BCUT2D eigenvalue weighted by Crippen LogP contribution is -2.55. The van der Waals surface area contributed by atoms with Gasteiger partial charge in [-0.1, -0.05) is 6.07 Å². The Kier molecular flexibility index (Phi) is 2.72.